The van der Waals surface area contributed by atoms with E-state index in [9.17, 15) is 13.2 Å². The minimum Gasteiger partial charge on any atom is -0.348 e. The van der Waals surface area contributed by atoms with Crippen LogP contribution in [0, 0.1) is 0 Å². The Morgan fingerprint density at radius 2 is 1.59 bits per heavy atom. The van der Waals surface area contributed by atoms with E-state index in [2.05, 4.69) is 26.0 Å². The minimum absolute atomic E-state index is 0.104. The zero-order chi connectivity index (χ0) is 23.1. The van der Waals surface area contributed by atoms with E-state index < -0.39 is 16.1 Å². The Bertz CT molecular complexity index is 1140. The van der Waals surface area contributed by atoms with Gasteiger partial charge in [0.25, 0.3) is 0 Å². The Morgan fingerprint density at radius 1 is 0.969 bits per heavy atom. The maximum atomic E-state index is 13.2. The summed E-state index contributed by atoms with van der Waals surface area (Å²) >= 11 is 4.96. The lowest BCUT2D eigenvalue weighted by Gasteiger charge is -2.22. The van der Waals surface area contributed by atoms with Gasteiger partial charge in [-0.3, -0.25) is 4.79 Å². The van der Waals surface area contributed by atoms with E-state index in [1.807, 2.05) is 67.8 Å². The zero-order valence-corrected chi connectivity index (χ0v) is 21.0. The molecule has 32 heavy (non-hydrogen) atoms. The Labute approximate surface area is 202 Å². The summed E-state index contributed by atoms with van der Waals surface area (Å²) in [5, 5.41) is 2.96. The molecule has 2 N–H and O–H groups in total. The molecule has 3 aromatic rings. The molecule has 0 aliphatic rings. The van der Waals surface area contributed by atoms with Crippen LogP contribution in [0.5, 0.6) is 0 Å². The summed E-state index contributed by atoms with van der Waals surface area (Å²) in [4.78, 5) is 14.4. The van der Waals surface area contributed by atoms with Gasteiger partial charge in [0.05, 0.1) is 10.9 Å². The lowest BCUT2D eigenvalue weighted by atomic mass is 10.0. The predicted octanol–water partition coefficient (Wildman–Crippen LogP) is 4.94. The van der Waals surface area contributed by atoms with Gasteiger partial charge in [-0.1, -0.05) is 58.4 Å². The van der Waals surface area contributed by atoms with Crippen LogP contribution in [-0.2, 0) is 21.2 Å². The highest BCUT2D eigenvalue weighted by Gasteiger charge is 2.27. The van der Waals surface area contributed by atoms with Crippen LogP contribution in [0.3, 0.4) is 0 Å². The van der Waals surface area contributed by atoms with E-state index in [4.69, 9.17) is 0 Å². The van der Waals surface area contributed by atoms with Crippen molar-refractivity contribution < 1.29 is 13.2 Å². The Balaban J connectivity index is 1.81. The average molecular weight is 534 g/mol. The van der Waals surface area contributed by atoms with Crippen molar-refractivity contribution in [1.82, 2.24) is 10.0 Å². The molecule has 0 fully saturated rings. The van der Waals surface area contributed by atoms with Gasteiger partial charge in [-0.15, -0.1) is 11.8 Å². The molecule has 1 amide bonds. The third-order valence-corrected chi connectivity index (χ3v) is 7.75. The van der Waals surface area contributed by atoms with Crippen molar-refractivity contribution in [1.29, 1.82) is 0 Å². The molecule has 5 nitrogen and oxygen atoms in total. The van der Waals surface area contributed by atoms with Crippen molar-refractivity contribution in [2.75, 3.05) is 6.26 Å². The summed E-state index contributed by atoms with van der Waals surface area (Å²) in [7, 11) is -3.89. The molecule has 0 unspecified atom stereocenters. The average Bonchev–Trinajstić information content (AvgIpc) is 2.79. The van der Waals surface area contributed by atoms with Crippen LogP contribution in [0.2, 0.25) is 0 Å². The molecule has 0 radical (unpaired) electrons. The summed E-state index contributed by atoms with van der Waals surface area (Å²) in [5.74, 6) is -0.379. The lowest BCUT2D eigenvalue weighted by molar-refractivity contribution is -0.123. The maximum Gasteiger partial charge on any atom is 0.241 e. The molecule has 8 heteroatoms. The fourth-order valence-corrected chi connectivity index (χ4v) is 5.06. The van der Waals surface area contributed by atoms with Gasteiger partial charge in [-0.25, -0.2) is 8.42 Å². The molecule has 0 aliphatic heterocycles. The van der Waals surface area contributed by atoms with Gasteiger partial charge < -0.3 is 5.32 Å². The number of amides is 1. The molecule has 0 bridgehead atoms. The molecule has 0 aliphatic carbocycles. The van der Waals surface area contributed by atoms with Crippen LogP contribution in [0.4, 0.5) is 0 Å². The number of carbonyl (C=O) groups excluding carboxylic acids is 1. The quantitative estimate of drug-likeness (QED) is 0.383. The second-order valence-electron chi connectivity index (χ2n) is 7.32. The van der Waals surface area contributed by atoms with Gasteiger partial charge in [-0.2, -0.15) is 4.72 Å². The van der Waals surface area contributed by atoms with E-state index in [1.165, 1.54) is 12.1 Å². The van der Waals surface area contributed by atoms with E-state index in [0.29, 0.717) is 0 Å². The number of sulfonamides is 1. The van der Waals surface area contributed by atoms with Crippen molar-refractivity contribution in [3.05, 3.63) is 94.5 Å². The van der Waals surface area contributed by atoms with Crippen molar-refractivity contribution in [3.8, 4) is 0 Å². The van der Waals surface area contributed by atoms with Gasteiger partial charge in [0.1, 0.15) is 6.04 Å². The van der Waals surface area contributed by atoms with E-state index >= 15 is 0 Å². The third kappa shape index (κ3) is 6.68. The number of nitrogens with one attached hydrogen (secondary N) is 2. The number of hydrogen-bond donors (Lipinski definition) is 2. The highest BCUT2D eigenvalue weighted by Crippen LogP contribution is 2.20. The predicted molar refractivity (Wildman–Crippen MR) is 133 cm³/mol. The number of thioether (sulfide) groups is 1. The third-order valence-electron chi connectivity index (χ3n) is 5.00. The van der Waals surface area contributed by atoms with Crippen LogP contribution in [-0.4, -0.2) is 26.6 Å². The highest BCUT2D eigenvalue weighted by molar-refractivity contribution is 9.10. The summed E-state index contributed by atoms with van der Waals surface area (Å²) in [6.45, 7) is 1.88. The topological polar surface area (TPSA) is 75.3 Å². The van der Waals surface area contributed by atoms with Crippen LogP contribution in [0.1, 0.15) is 24.1 Å². The number of halogens is 1. The lowest BCUT2D eigenvalue weighted by Crippen LogP contribution is -2.48. The first-order valence-electron chi connectivity index (χ1n) is 10.0. The molecule has 0 saturated carbocycles. The van der Waals surface area contributed by atoms with Crippen molar-refractivity contribution in [2.45, 2.75) is 35.2 Å². The SMILES string of the molecule is CSc1ccc([C@@H](C)NC(=O)[C@H](Cc2ccccc2)NS(=O)(=O)c2ccc(Br)cc2)cc1. The second-order valence-corrected chi connectivity index (χ2v) is 10.8. The Hall–Kier alpha value is -2.13. The number of hydrogen-bond acceptors (Lipinski definition) is 4. The summed E-state index contributed by atoms with van der Waals surface area (Å²) in [6, 6.07) is 22.4. The first kappa shape index (κ1) is 24.5. The van der Waals surface area contributed by atoms with Gasteiger partial charge in [0.15, 0.2) is 0 Å². The largest absolute Gasteiger partial charge is 0.348 e. The van der Waals surface area contributed by atoms with E-state index in [0.717, 1.165) is 20.5 Å². The van der Waals surface area contributed by atoms with Crippen LogP contribution in [0.15, 0.2) is 93.1 Å². The van der Waals surface area contributed by atoms with Crippen LogP contribution < -0.4 is 10.0 Å². The van der Waals surface area contributed by atoms with Gasteiger partial charge in [-0.05, 0) is 67.1 Å². The van der Waals surface area contributed by atoms with Gasteiger partial charge >= 0.3 is 0 Å². The Morgan fingerprint density at radius 3 is 2.19 bits per heavy atom. The molecule has 2 atom stereocenters. The highest BCUT2D eigenvalue weighted by atomic mass is 79.9. The fraction of sp³-hybridized carbons (Fsp3) is 0.208. The molecule has 0 saturated heterocycles. The van der Waals surface area contributed by atoms with Gasteiger partial charge in [0.2, 0.25) is 15.9 Å². The molecule has 168 valence electrons. The maximum absolute atomic E-state index is 13.2. The monoisotopic (exact) mass is 532 g/mol. The van der Waals surface area contributed by atoms with Crippen molar-refractivity contribution >= 4 is 43.6 Å². The first-order valence-corrected chi connectivity index (χ1v) is 13.5. The van der Waals surface area contributed by atoms with E-state index in [1.54, 1.807) is 23.9 Å². The molecule has 3 aromatic carbocycles. The molecule has 0 aromatic heterocycles. The number of rotatable bonds is 9. The molecule has 3 rings (SSSR count). The number of benzene rings is 3. The van der Waals surface area contributed by atoms with E-state index in [-0.39, 0.29) is 23.3 Å². The number of carbonyl (C=O) groups is 1. The smallest absolute Gasteiger partial charge is 0.241 e. The Kier molecular flexibility index (Phi) is 8.53. The van der Waals surface area contributed by atoms with Gasteiger partial charge in [0, 0.05) is 9.37 Å². The normalized spacial score (nSPS) is 13.3. The molecular weight excluding hydrogens is 508 g/mol. The molecule has 0 heterocycles. The van der Waals surface area contributed by atoms with Crippen LogP contribution >= 0.6 is 27.7 Å². The fourth-order valence-electron chi connectivity index (χ4n) is 3.20. The van der Waals surface area contributed by atoms with Crippen molar-refractivity contribution in [3.63, 3.8) is 0 Å². The second kappa shape index (κ2) is 11.1. The van der Waals surface area contributed by atoms with Crippen molar-refractivity contribution in [2.24, 2.45) is 0 Å². The molecular formula is C24H25BrN2O3S2. The minimum atomic E-state index is -3.89. The molecule has 0 spiro atoms. The zero-order valence-electron chi connectivity index (χ0n) is 17.8. The standard InChI is InChI=1S/C24H25BrN2O3S2/c1-17(19-8-12-21(31-2)13-9-19)26-24(28)23(16-18-6-4-3-5-7-18)27-32(29,30)22-14-10-20(25)11-15-22/h3-15,17,23,27H,16H2,1-2H3,(H,26,28)/t17-,23+/m1/s1. The first-order chi connectivity index (χ1) is 15.3. The van der Waals surface area contributed by atoms with Crippen LogP contribution in [0.25, 0.3) is 0 Å². The summed E-state index contributed by atoms with van der Waals surface area (Å²) < 4.78 is 29.3. The summed E-state index contributed by atoms with van der Waals surface area (Å²) in [5.41, 5.74) is 1.81. The summed E-state index contributed by atoms with van der Waals surface area (Å²) in [6.07, 6.45) is 2.24.